The fourth-order valence-corrected chi connectivity index (χ4v) is 3.04. The molecule has 0 aliphatic carbocycles. The molecule has 0 saturated heterocycles. The minimum atomic E-state index is -0.194. The summed E-state index contributed by atoms with van der Waals surface area (Å²) in [5.41, 5.74) is 5.45. The molecule has 3 N–H and O–H groups in total. The zero-order valence-electron chi connectivity index (χ0n) is 13.2. The molecule has 1 aromatic carbocycles. The number of aryl methyl sites for hydroxylation is 1. The number of carbonyl (C=O) groups excluding carboxylic acids is 1. The molecular formula is C17H17N5O2. The Morgan fingerprint density at radius 1 is 1.33 bits per heavy atom. The number of anilines is 1. The van der Waals surface area contributed by atoms with Crippen LogP contribution < -0.4 is 5.32 Å². The van der Waals surface area contributed by atoms with E-state index in [0.717, 1.165) is 39.1 Å². The van der Waals surface area contributed by atoms with Crippen LogP contribution in [-0.4, -0.2) is 44.4 Å². The fourth-order valence-electron chi connectivity index (χ4n) is 3.04. The predicted molar refractivity (Wildman–Crippen MR) is 90.6 cm³/mol. The number of rotatable bonds is 3. The average molecular weight is 323 g/mol. The van der Waals surface area contributed by atoms with Gasteiger partial charge < -0.3 is 15.3 Å². The van der Waals surface area contributed by atoms with Gasteiger partial charge in [0.05, 0.1) is 12.1 Å². The van der Waals surface area contributed by atoms with Gasteiger partial charge in [-0.2, -0.15) is 5.10 Å². The summed E-state index contributed by atoms with van der Waals surface area (Å²) in [7, 11) is 0. The third-order valence-electron chi connectivity index (χ3n) is 4.22. The number of aliphatic hydroxyl groups is 1. The lowest BCUT2D eigenvalue weighted by Crippen LogP contribution is -2.40. The van der Waals surface area contributed by atoms with Crippen LogP contribution in [0.25, 0.3) is 22.2 Å². The Balaban J connectivity index is 1.81. The first-order valence-electron chi connectivity index (χ1n) is 7.76. The van der Waals surface area contributed by atoms with E-state index in [1.807, 2.05) is 31.2 Å². The number of aromatic amines is 1. The third-order valence-corrected chi connectivity index (χ3v) is 4.22. The van der Waals surface area contributed by atoms with Crippen molar-refractivity contribution in [3.05, 3.63) is 41.7 Å². The van der Waals surface area contributed by atoms with Crippen LogP contribution in [0.5, 0.6) is 0 Å². The Bertz CT molecular complexity index is 934. The quantitative estimate of drug-likeness (QED) is 0.689. The van der Waals surface area contributed by atoms with Crippen molar-refractivity contribution in [2.45, 2.75) is 13.5 Å². The maximum atomic E-state index is 12.0. The molecule has 0 bridgehead atoms. The Labute approximate surface area is 138 Å². The number of urea groups is 1. The van der Waals surface area contributed by atoms with Crippen LogP contribution in [0.1, 0.15) is 11.3 Å². The van der Waals surface area contributed by atoms with E-state index < -0.39 is 0 Å². The number of aliphatic hydroxyl groups excluding tert-OH is 1. The van der Waals surface area contributed by atoms with Gasteiger partial charge in [-0.25, -0.2) is 4.79 Å². The molecule has 0 radical (unpaired) electrons. The molecule has 2 aromatic heterocycles. The molecule has 0 spiro atoms. The third kappa shape index (κ3) is 2.39. The van der Waals surface area contributed by atoms with E-state index in [2.05, 4.69) is 20.5 Å². The highest BCUT2D eigenvalue weighted by molar-refractivity contribution is 6.00. The second-order valence-corrected chi connectivity index (χ2v) is 5.89. The number of nitrogens with zero attached hydrogens (tertiary/aromatic N) is 3. The molecule has 4 rings (SSSR count). The zero-order valence-corrected chi connectivity index (χ0v) is 13.2. The highest BCUT2D eigenvalue weighted by Crippen LogP contribution is 2.33. The topological polar surface area (TPSA) is 94.1 Å². The lowest BCUT2D eigenvalue weighted by molar-refractivity contribution is 0.183. The zero-order chi connectivity index (χ0) is 16.7. The van der Waals surface area contributed by atoms with Crippen molar-refractivity contribution in [3.63, 3.8) is 0 Å². The Kier molecular flexibility index (Phi) is 3.42. The van der Waals surface area contributed by atoms with Crippen molar-refractivity contribution in [3.8, 4) is 11.3 Å². The summed E-state index contributed by atoms with van der Waals surface area (Å²) in [5.74, 6) is 0. The largest absolute Gasteiger partial charge is 0.395 e. The van der Waals surface area contributed by atoms with E-state index in [0.29, 0.717) is 13.1 Å². The van der Waals surface area contributed by atoms with Crippen LogP contribution in [0.4, 0.5) is 10.5 Å². The second-order valence-electron chi connectivity index (χ2n) is 5.89. The molecule has 1 aliphatic heterocycles. The number of fused-ring (bicyclic) bond motifs is 2. The summed E-state index contributed by atoms with van der Waals surface area (Å²) in [5, 5.41) is 20.4. The summed E-state index contributed by atoms with van der Waals surface area (Å²) in [6, 6.07) is 7.68. The van der Waals surface area contributed by atoms with Crippen molar-refractivity contribution in [1.29, 1.82) is 0 Å². The first kappa shape index (κ1) is 14.6. The number of H-pyrrole nitrogens is 1. The first-order valence-corrected chi connectivity index (χ1v) is 7.76. The molecular weight excluding hydrogens is 306 g/mol. The number of benzene rings is 1. The predicted octanol–water partition coefficient (Wildman–Crippen LogP) is 2.27. The highest BCUT2D eigenvalue weighted by atomic mass is 16.3. The van der Waals surface area contributed by atoms with Crippen LogP contribution in [0.3, 0.4) is 0 Å². The summed E-state index contributed by atoms with van der Waals surface area (Å²) in [4.78, 5) is 17.8. The van der Waals surface area contributed by atoms with E-state index in [4.69, 9.17) is 5.11 Å². The molecule has 7 heteroatoms. The number of pyridine rings is 1. The summed E-state index contributed by atoms with van der Waals surface area (Å²) < 4.78 is 0. The van der Waals surface area contributed by atoms with Gasteiger partial charge in [0, 0.05) is 41.6 Å². The lowest BCUT2D eigenvalue weighted by Gasteiger charge is -2.28. The number of aromatic nitrogens is 3. The van der Waals surface area contributed by atoms with Gasteiger partial charge >= 0.3 is 6.03 Å². The van der Waals surface area contributed by atoms with Crippen molar-refractivity contribution in [1.82, 2.24) is 20.1 Å². The van der Waals surface area contributed by atoms with Gasteiger partial charge in [-0.1, -0.05) is 0 Å². The maximum Gasteiger partial charge on any atom is 0.322 e. The van der Waals surface area contributed by atoms with Gasteiger partial charge in [0.25, 0.3) is 0 Å². The van der Waals surface area contributed by atoms with E-state index in [9.17, 15) is 4.79 Å². The van der Waals surface area contributed by atoms with Gasteiger partial charge in [0.15, 0.2) is 0 Å². The molecule has 0 fully saturated rings. The smallest absolute Gasteiger partial charge is 0.322 e. The van der Waals surface area contributed by atoms with Crippen molar-refractivity contribution < 1.29 is 9.90 Å². The number of β-amino-alcohol motifs (C(OH)–C–C–N with tert-alkyl or cyclic N) is 1. The Hall–Kier alpha value is -2.93. The van der Waals surface area contributed by atoms with Gasteiger partial charge in [-0.15, -0.1) is 0 Å². The minimum Gasteiger partial charge on any atom is -0.395 e. The van der Waals surface area contributed by atoms with E-state index in [1.165, 1.54) is 0 Å². The van der Waals surface area contributed by atoms with Crippen molar-refractivity contribution in [2.24, 2.45) is 0 Å². The Morgan fingerprint density at radius 3 is 3.00 bits per heavy atom. The maximum absolute atomic E-state index is 12.0. The standard InChI is InChI=1S/C17H17N5O2/c1-10-6-11(2-3-18-10)16-13-7-12-9-22(4-5-23)17(24)19-14(12)8-15(13)20-21-16/h2-3,6-8,23H,4-5,9H2,1H3,(H,19,24)(H,20,21). The normalized spacial score (nSPS) is 13.9. The van der Waals surface area contributed by atoms with Gasteiger partial charge in [-0.05, 0) is 36.8 Å². The summed E-state index contributed by atoms with van der Waals surface area (Å²) >= 11 is 0. The van der Waals surface area contributed by atoms with Crippen molar-refractivity contribution in [2.75, 3.05) is 18.5 Å². The monoisotopic (exact) mass is 323 g/mol. The van der Waals surface area contributed by atoms with Crippen LogP contribution in [0.2, 0.25) is 0 Å². The van der Waals surface area contributed by atoms with Crippen LogP contribution in [-0.2, 0) is 6.54 Å². The van der Waals surface area contributed by atoms with Crippen molar-refractivity contribution >= 4 is 22.6 Å². The number of nitrogens with one attached hydrogen (secondary N) is 2. The summed E-state index contributed by atoms with van der Waals surface area (Å²) in [6.45, 7) is 2.67. The fraction of sp³-hybridized carbons (Fsp3) is 0.235. The SMILES string of the molecule is Cc1cc(-c2n[nH]c3cc4c(cc23)CN(CCO)C(=O)N4)ccn1. The van der Waals surface area contributed by atoms with E-state index in [1.54, 1.807) is 11.1 Å². The molecule has 0 atom stereocenters. The average Bonchev–Trinajstić information content (AvgIpc) is 2.96. The van der Waals surface area contributed by atoms with E-state index in [-0.39, 0.29) is 12.6 Å². The molecule has 0 saturated carbocycles. The van der Waals surface area contributed by atoms with Crippen LogP contribution in [0.15, 0.2) is 30.5 Å². The number of hydrogen-bond acceptors (Lipinski definition) is 4. The van der Waals surface area contributed by atoms with Crippen LogP contribution in [0, 0.1) is 6.92 Å². The number of amides is 2. The van der Waals surface area contributed by atoms with Crippen LogP contribution >= 0.6 is 0 Å². The first-order chi connectivity index (χ1) is 11.7. The van der Waals surface area contributed by atoms with Gasteiger partial charge in [0.1, 0.15) is 5.69 Å². The van der Waals surface area contributed by atoms with Gasteiger partial charge in [0.2, 0.25) is 0 Å². The summed E-state index contributed by atoms with van der Waals surface area (Å²) in [6.07, 6.45) is 1.77. The molecule has 2 amide bonds. The highest BCUT2D eigenvalue weighted by Gasteiger charge is 2.23. The number of carbonyl (C=O) groups is 1. The minimum absolute atomic E-state index is 0.0573. The molecule has 3 heterocycles. The van der Waals surface area contributed by atoms with E-state index >= 15 is 0 Å². The Morgan fingerprint density at radius 2 is 2.21 bits per heavy atom. The lowest BCUT2D eigenvalue weighted by atomic mass is 10.0. The molecule has 122 valence electrons. The van der Waals surface area contributed by atoms with Gasteiger partial charge in [-0.3, -0.25) is 10.1 Å². The molecule has 24 heavy (non-hydrogen) atoms. The second kappa shape index (κ2) is 5.61. The number of hydrogen-bond donors (Lipinski definition) is 3. The molecule has 1 aliphatic rings. The molecule has 0 unspecified atom stereocenters. The molecule has 3 aromatic rings. The molecule has 7 nitrogen and oxygen atoms in total.